The molecular weight excluding hydrogens is 283 g/mol. The monoisotopic (exact) mass is 296 g/mol. The molecule has 0 fully saturated rings. The van der Waals surface area contributed by atoms with E-state index in [-0.39, 0.29) is 11.5 Å². The van der Waals surface area contributed by atoms with Gasteiger partial charge in [-0.1, -0.05) is 6.07 Å². The molecule has 5 nitrogen and oxygen atoms in total. The van der Waals surface area contributed by atoms with Crippen molar-refractivity contribution < 1.29 is 9.18 Å². The van der Waals surface area contributed by atoms with Gasteiger partial charge in [0.2, 0.25) is 0 Å². The van der Waals surface area contributed by atoms with Crippen LogP contribution in [-0.4, -0.2) is 20.7 Å². The Balaban J connectivity index is 1.75. The molecule has 3 aromatic rings. The summed E-state index contributed by atoms with van der Waals surface area (Å²) >= 11 is 0. The SMILES string of the molecule is Cc1ccc(C(=O)Nc2ccc(-n3cccn3)nc2)cc1F. The lowest BCUT2D eigenvalue weighted by Crippen LogP contribution is -2.12. The Morgan fingerprint density at radius 3 is 2.77 bits per heavy atom. The van der Waals surface area contributed by atoms with Crippen LogP contribution >= 0.6 is 0 Å². The van der Waals surface area contributed by atoms with E-state index in [0.29, 0.717) is 17.1 Å². The first-order valence-electron chi connectivity index (χ1n) is 6.67. The molecule has 110 valence electrons. The van der Waals surface area contributed by atoms with Crippen LogP contribution in [0.5, 0.6) is 0 Å². The minimum Gasteiger partial charge on any atom is -0.321 e. The molecule has 0 spiro atoms. The van der Waals surface area contributed by atoms with Gasteiger partial charge >= 0.3 is 0 Å². The van der Waals surface area contributed by atoms with Gasteiger partial charge in [-0.15, -0.1) is 0 Å². The van der Waals surface area contributed by atoms with E-state index in [1.807, 2.05) is 0 Å². The fourth-order valence-electron chi connectivity index (χ4n) is 1.94. The Hall–Kier alpha value is -3.02. The lowest BCUT2D eigenvalue weighted by Gasteiger charge is -2.07. The second-order valence-electron chi connectivity index (χ2n) is 4.77. The first-order chi connectivity index (χ1) is 10.6. The number of aryl methyl sites for hydroxylation is 1. The molecule has 0 radical (unpaired) electrons. The Morgan fingerprint density at radius 2 is 2.14 bits per heavy atom. The highest BCUT2D eigenvalue weighted by atomic mass is 19.1. The van der Waals surface area contributed by atoms with Crippen molar-refractivity contribution >= 4 is 11.6 Å². The summed E-state index contributed by atoms with van der Waals surface area (Å²) in [4.78, 5) is 16.3. The molecule has 1 amide bonds. The minimum atomic E-state index is -0.403. The molecule has 2 heterocycles. The third kappa shape index (κ3) is 2.85. The molecule has 0 bridgehead atoms. The molecule has 22 heavy (non-hydrogen) atoms. The summed E-state index contributed by atoms with van der Waals surface area (Å²) in [6.45, 7) is 1.65. The summed E-state index contributed by atoms with van der Waals surface area (Å²) in [7, 11) is 0. The molecule has 1 N–H and O–H groups in total. The van der Waals surface area contributed by atoms with Crippen LogP contribution in [0.15, 0.2) is 55.0 Å². The average Bonchev–Trinajstić information content (AvgIpc) is 3.05. The summed E-state index contributed by atoms with van der Waals surface area (Å²) < 4.78 is 15.1. The first-order valence-corrected chi connectivity index (χ1v) is 6.67. The van der Waals surface area contributed by atoms with Crippen molar-refractivity contribution in [1.29, 1.82) is 0 Å². The maximum absolute atomic E-state index is 13.5. The van der Waals surface area contributed by atoms with Crippen LogP contribution in [0.2, 0.25) is 0 Å². The lowest BCUT2D eigenvalue weighted by molar-refractivity contribution is 0.102. The van der Waals surface area contributed by atoms with E-state index in [2.05, 4.69) is 15.4 Å². The van der Waals surface area contributed by atoms with Crippen LogP contribution in [0.4, 0.5) is 10.1 Å². The molecule has 0 unspecified atom stereocenters. The summed E-state index contributed by atoms with van der Waals surface area (Å²) in [5.41, 5.74) is 1.29. The molecule has 0 atom stereocenters. The highest BCUT2D eigenvalue weighted by molar-refractivity contribution is 6.04. The number of nitrogens with zero attached hydrogens (tertiary/aromatic N) is 3. The van der Waals surface area contributed by atoms with Gasteiger partial charge in [0.05, 0.1) is 11.9 Å². The number of carbonyl (C=O) groups is 1. The molecule has 2 aromatic heterocycles. The van der Waals surface area contributed by atoms with Crippen molar-refractivity contribution in [2.24, 2.45) is 0 Å². The van der Waals surface area contributed by atoms with Crippen LogP contribution in [0.1, 0.15) is 15.9 Å². The number of nitrogens with one attached hydrogen (secondary N) is 1. The predicted octanol–water partition coefficient (Wildman–Crippen LogP) is 2.97. The molecular formula is C16H13FN4O. The zero-order valence-electron chi connectivity index (χ0n) is 11.8. The normalized spacial score (nSPS) is 10.5. The number of pyridine rings is 1. The van der Waals surface area contributed by atoms with Crippen molar-refractivity contribution in [3.05, 3.63) is 71.9 Å². The maximum Gasteiger partial charge on any atom is 0.255 e. The number of benzene rings is 1. The fraction of sp³-hybridized carbons (Fsp3) is 0.0625. The van der Waals surface area contributed by atoms with Crippen LogP contribution in [0.3, 0.4) is 0 Å². The number of hydrogen-bond acceptors (Lipinski definition) is 3. The number of carbonyl (C=O) groups excluding carboxylic acids is 1. The van der Waals surface area contributed by atoms with Gasteiger partial charge in [-0.2, -0.15) is 5.10 Å². The second-order valence-corrected chi connectivity index (χ2v) is 4.77. The number of hydrogen-bond donors (Lipinski definition) is 1. The minimum absolute atomic E-state index is 0.263. The smallest absolute Gasteiger partial charge is 0.255 e. The first kappa shape index (κ1) is 13.9. The summed E-state index contributed by atoms with van der Waals surface area (Å²) in [5, 5.41) is 6.75. The van der Waals surface area contributed by atoms with E-state index in [4.69, 9.17) is 0 Å². The van der Waals surface area contributed by atoms with E-state index < -0.39 is 5.82 Å². The van der Waals surface area contributed by atoms with E-state index in [9.17, 15) is 9.18 Å². The third-order valence-corrected chi connectivity index (χ3v) is 3.18. The van der Waals surface area contributed by atoms with Crippen molar-refractivity contribution in [2.75, 3.05) is 5.32 Å². The molecule has 0 aliphatic heterocycles. The largest absolute Gasteiger partial charge is 0.321 e. The molecule has 0 aliphatic carbocycles. The van der Waals surface area contributed by atoms with Crippen LogP contribution in [0.25, 0.3) is 5.82 Å². The number of halogens is 1. The fourth-order valence-corrected chi connectivity index (χ4v) is 1.94. The highest BCUT2D eigenvalue weighted by Crippen LogP contribution is 2.13. The van der Waals surface area contributed by atoms with Gasteiger partial charge in [-0.3, -0.25) is 4.79 Å². The van der Waals surface area contributed by atoms with E-state index >= 15 is 0 Å². The zero-order valence-corrected chi connectivity index (χ0v) is 11.8. The molecule has 1 aromatic carbocycles. The Bertz CT molecular complexity index is 798. The Morgan fingerprint density at radius 1 is 1.27 bits per heavy atom. The van der Waals surface area contributed by atoms with E-state index in [1.165, 1.54) is 12.3 Å². The van der Waals surface area contributed by atoms with E-state index in [0.717, 1.165) is 0 Å². The zero-order chi connectivity index (χ0) is 15.5. The van der Waals surface area contributed by atoms with Crippen LogP contribution in [0, 0.1) is 12.7 Å². The number of amides is 1. The molecule has 0 aliphatic rings. The Kier molecular flexibility index (Phi) is 3.65. The van der Waals surface area contributed by atoms with E-state index in [1.54, 1.807) is 54.3 Å². The van der Waals surface area contributed by atoms with Crippen LogP contribution < -0.4 is 5.32 Å². The molecule has 0 saturated heterocycles. The predicted molar refractivity (Wildman–Crippen MR) is 80.4 cm³/mol. The summed E-state index contributed by atoms with van der Waals surface area (Å²) in [5.74, 6) is -0.142. The number of anilines is 1. The van der Waals surface area contributed by atoms with Gasteiger partial charge in [0.1, 0.15) is 5.82 Å². The van der Waals surface area contributed by atoms with Gasteiger partial charge < -0.3 is 5.32 Å². The van der Waals surface area contributed by atoms with Crippen molar-refractivity contribution in [3.63, 3.8) is 0 Å². The summed E-state index contributed by atoms with van der Waals surface area (Å²) in [6, 6.07) is 9.62. The standard InChI is InChI=1S/C16H13FN4O/c1-11-3-4-12(9-14(11)17)16(22)20-13-5-6-15(18-10-13)21-8-2-7-19-21/h2-10H,1H3,(H,20,22). The third-order valence-electron chi connectivity index (χ3n) is 3.18. The molecule has 0 saturated carbocycles. The number of aromatic nitrogens is 3. The highest BCUT2D eigenvalue weighted by Gasteiger charge is 2.09. The van der Waals surface area contributed by atoms with Crippen molar-refractivity contribution in [2.45, 2.75) is 6.92 Å². The number of rotatable bonds is 3. The topological polar surface area (TPSA) is 59.8 Å². The maximum atomic E-state index is 13.5. The van der Waals surface area contributed by atoms with Gasteiger partial charge in [-0.05, 0) is 42.8 Å². The van der Waals surface area contributed by atoms with Gasteiger partial charge in [0.25, 0.3) is 5.91 Å². The molecule has 6 heteroatoms. The van der Waals surface area contributed by atoms with Gasteiger partial charge in [0, 0.05) is 18.0 Å². The van der Waals surface area contributed by atoms with Crippen molar-refractivity contribution in [3.8, 4) is 5.82 Å². The van der Waals surface area contributed by atoms with Crippen LogP contribution in [-0.2, 0) is 0 Å². The quantitative estimate of drug-likeness (QED) is 0.808. The summed E-state index contributed by atoms with van der Waals surface area (Å²) in [6.07, 6.45) is 4.96. The lowest BCUT2D eigenvalue weighted by atomic mass is 10.1. The average molecular weight is 296 g/mol. The second kappa shape index (κ2) is 5.77. The Labute approximate surface area is 126 Å². The van der Waals surface area contributed by atoms with Gasteiger partial charge in [0.15, 0.2) is 5.82 Å². The van der Waals surface area contributed by atoms with Gasteiger partial charge in [-0.25, -0.2) is 14.1 Å². The molecule has 3 rings (SSSR count). The van der Waals surface area contributed by atoms with Crippen molar-refractivity contribution in [1.82, 2.24) is 14.8 Å².